The molecule has 3 aromatic rings. The summed E-state index contributed by atoms with van der Waals surface area (Å²) in [5.74, 6) is 0.230. The van der Waals surface area contributed by atoms with Crippen LogP contribution in [0.2, 0.25) is 5.04 Å². The van der Waals surface area contributed by atoms with Gasteiger partial charge >= 0.3 is 0 Å². The zero-order valence-electron chi connectivity index (χ0n) is 19.1. The maximum atomic E-state index is 10.5. The summed E-state index contributed by atoms with van der Waals surface area (Å²) in [6.45, 7) is 9.48. The first-order chi connectivity index (χ1) is 14.8. The molecule has 31 heavy (non-hydrogen) atoms. The normalized spacial score (nSPS) is 22.2. The molecule has 0 amide bonds. The third-order valence-corrected chi connectivity index (χ3v) is 12.0. The Morgan fingerprint density at radius 1 is 0.871 bits per heavy atom. The molecule has 0 heterocycles. The second-order valence-electron chi connectivity index (χ2n) is 10.0. The van der Waals surface area contributed by atoms with Crippen molar-refractivity contribution in [2.45, 2.75) is 50.7 Å². The highest BCUT2D eigenvalue weighted by molar-refractivity contribution is 6.99. The monoisotopic (exact) mass is 430 g/mol. The summed E-state index contributed by atoms with van der Waals surface area (Å²) in [4.78, 5) is 0. The van der Waals surface area contributed by atoms with Gasteiger partial charge in [0.25, 0.3) is 8.32 Å². The molecule has 3 atom stereocenters. The predicted molar refractivity (Wildman–Crippen MR) is 131 cm³/mol. The number of benzene rings is 3. The van der Waals surface area contributed by atoms with E-state index in [9.17, 15) is 5.11 Å². The molecule has 1 saturated carbocycles. The molecule has 0 unspecified atom stereocenters. The van der Waals surface area contributed by atoms with Crippen molar-refractivity contribution in [2.75, 3.05) is 6.61 Å². The van der Waals surface area contributed by atoms with Crippen molar-refractivity contribution in [3.8, 4) is 0 Å². The van der Waals surface area contributed by atoms with Gasteiger partial charge in [0, 0.05) is 12.0 Å². The van der Waals surface area contributed by atoms with Gasteiger partial charge in [-0.2, -0.15) is 0 Å². The van der Waals surface area contributed by atoms with Gasteiger partial charge in [0.1, 0.15) is 0 Å². The molecule has 2 nitrogen and oxygen atoms in total. The summed E-state index contributed by atoms with van der Waals surface area (Å²) in [5.41, 5.74) is 1.15. The average molecular weight is 431 g/mol. The van der Waals surface area contributed by atoms with Gasteiger partial charge < -0.3 is 9.53 Å². The first kappa shape index (κ1) is 22.0. The number of aliphatic hydroxyl groups excluding tert-OH is 1. The Hall–Kier alpha value is -2.20. The lowest BCUT2D eigenvalue weighted by atomic mass is 9.93. The standard InChI is InChI=1S/C28H34O2Si/c1-22(29)26-20-28(26,23-14-8-5-9-15-23)21-30-31(27(2,3)4,24-16-10-6-11-17-24)25-18-12-7-13-19-25/h5-19,22,26,29H,20-21H2,1-4H3/t22-,26+,28-/m0/s1. The highest BCUT2D eigenvalue weighted by atomic mass is 28.4. The van der Waals surface area contributed by atoms with Gasteiger partial charge in [-0.3, -0.25) is 0 Å². The fourth-order valence-corrected chi connectivity index (χ4v) is 9.95. The van der Waals surface area contributed by atoms with E-state index in [0.717, 1.165) is 6.42 Å². The van der Waals surface area contributed by atoms with Crippen molar-refractivity contribution in [1.29, 1.82) is 0 Å². The molecule has 3 aromatic carbocycles. The molecule has 0 bridgehead atoms. The summed E-state index contributed by atoms with van der Waals surface area (Å²) in [6, 6.07) is 32.2. The van der Waals surface area contributed by atoms with Crippen molar-refractivity contribution in [2.24, 2.45) is 5.92 Å². The van der Waals surface area contributed by atoms with E-state index in [1.807, 2.05) is 6.92 Å². The summed E-state index contributed by atoms with van der Waals surface area (Å²) in [5, 5.41) is 13.0. The fraction of sp³-hybridized carbons (Fsp3) is 0.357. The van der Waals surface area contributed by atoms with Crippen LogP contribution in [0, 0.1) is 5.92 Å². The van der Waals surface area contributed by atoms with Crippen molar-refractivity contribution in [1.82, 2.24) is 0 Å². The molecule has 3 heteroatoms. The van der Waals surface area contributed by atoms with Crippen LogP contribution in [-0.4, -0.2) is 26.1 Å². The lowest BCUT2D eigenvalue weighted by Crippen LogP contribution is -2.67. The maximum Gasteiger partial charge on any atom is 0.261 e. The van der Waals surface area contributed by atoms with Crippen LogP contribution < -0.4 is 10.4 Å². The molecule has 1 aliphatic rings. The van der Waals surface area contributed by atoms with Crippen molar-refractivity contribution in [3.63, 3.8) is 0 Å². The molecule has 1 aliphatic carbocycles. The Balaban J connectivity index is 1.80. The van der Waals surface area contributed by atoms with E-state index in [-0.39, 0.29) is 22.5 Å². The number of rotatable bonds is 7. The second kappa shape index (κ2) is 8.38. The maximum absolute atomic E-state index is 10.5. The molecule has 0 saturated heterocycles. The molecule has 0 spiro atoms. The van der Waals surface area contributed by atoms with E-state index in [2.05, 4.69) is 112 Å². The van der Waals surface area contributed by atoms with Crippen LogP contribution in [0.15, 0.2) is 91.0 Å². The van der Waals surface area contributed by atoms with Crippen LogP contribution in [-0.2, 0) is 9.84 Å². The van der Waals surface area contributed by atoms with Crippen molar-refractivity contribution in [3.05, 3.63) is 96.6 Å². The zero-order chi connectivity index (χ0) is 22.1. The number of hydrogen-bond donors (Lipinski definition) is 1. The first-order valence-electron chi connectivity index (χ1n) is 11.3. The van der Waals surface area contributed by atoms with Gasteiger partial charge in [0.15, 0.2) is 0 Å². The van der Waals surface area contributed by atoms with Crippen molar-refractivity contribution >= 4 is 18.7 Å². The van der Waals surface area contributed by atoms with E-state index in [0.29, 0.717) is 6.61 Å². The molecule has 1 fully saturated rings. The topological polar surface area (TPSA) is 29.5 Å². The second-order valence-corrected chi connectivity index (χ2v) is 14.3. The van der Waals surface area contributed by atoms with Crippen LogP contribution in [0.5, 0.6) is 0 Å². The minimum absolute atomic E-state index is 0.0528. The van der Waals surface area contributed by atoms with Crippen LogP contribution >= 0.6 is 0 Å². The van der Waals surface area contributed by atoms with Crippen LogP contribution in [0.4, 0.5) is 0 Å². The van der Waals surface area contributed by atoms with E-state index < -0.39 is 8.32 Å². The van der Waals surface area contributed by atoms with Gasteiger partial charge in [-0.15, -0.1) is 0 Å². The summed E-state index contributed by atoms with van der Waals surface area (Å²) < 4.78 is 7.26. The molecule has 0 aromatic heterocycles. The lowest BCUT2D eigenvalue weighted by Gasteiger charge is -2.44. The van der Waals surface area contributed by atoms with Crippen LogP contribution in [0.1, 0.15) is 39.7 Å². The third kappa shape index (κ3) is 3.91. The minimum Gasteiger partial charge on any atom is -0.406 e. The fourth-order valence-electron chi connectivity index (χ4n) is 5.32. The quantitative estimate of drug-likeness (QED) is 0.540. The Morgan fingerprint density at radius 3 is 1.71 bits per heavy atom. The Morgan fingerprint density at radius 2 is 1.32 bits per heavy atom. The van der Waals surface area contributed by atoms with E-state index >= 15 is 0 Å². The van der Waals surface area contributed by atoms with E-state index in [1.54, 1.807) is 0 Å². The average Bonchev–Trinajstić information content (AvgIpc) is 3.52. The largest absolute Gasteiger partial charge is 0.406 e. The minimum atomic E-state index is -2.60. The molecule has 0 aliphatic heterocycles. The number of aliphatic hydroxyl groups is 1. The molecular formula is C28H34O2Si. The third-order valence-electron chi connectivity index (χ3n) is 7.03. The highest BCUT2D eigenvalue weighted by Gasteiger charge is 2.60. The molecule has 0 radical (unpaired) electrons. The summed E-state index contributed by atoms with van der Waals surface area (Å²) in [7, 11) is -2.60. The van der Waals surface area contributed by atoms with Gasteiger partial charge in [-0.1, -0.05) is 112 Å². The summed E-state index contributed by atoms with van der Waals surface area (Å²) >= 11 is 0. The molecular weight excluding hydrogens is 396 g/mol. The van der Waals surface area contributed by atoms with Gasteiger partial charge in [-0.05, 0) is 40.2 Å². The van der Waals surface area contributed by atoms with Crippen LogP contribution in [0.25, 0.3) is 0 Å². The molecule has 1 N–H and O–H groups in total. The number of hydrogen-bond acceptors (Lipinski definition) is 2. The van der Waals surface area contributed by atoms with Crippen LogP contribution in [0.3, 0.4) is 0 Å². The van der Waals surface area contributed by atoms with Gasteiger partial charge in [0.05, 0.1) is 6.10 Å². The summed E-state index contributed by atoms with van der Waals surface area (Å²) in [6.07, 6.45) is 0.621. The van der Waals surface area contributed by atoms with E-state index in [4.69, 9.17) is 4.43 Å². The zero-order valence-corrected chi connectivity index (χ0v) is 20.1. The Bertz CT molecular complexity index is 940. The van der Waals surface area contributed by atoms with Crippen molar-refractivity contribution < 1.29 is 9.53 Å². The Labute approximate surface area is 188 Å². The SMILES string of the molecule is C[C@H](O)[C@H]1C[C@]1(CO[Si](c1ccccc1)(c1ccccc1)C(C)(C)C)c1ccccc1. The highest BCUT2D eigenvalue weighted by Crippen LogP contribution is 2.57. The van der Waals surface area contributed by atoms with Gasteiger partial charge in [0.2, 0.25) is 0 Å². The molecule has 162 valence electrons. The van der Waals surface area contributed by atoms with Gasteiger partial charge in [-0.25, -0.2) is 0 Å². The van der Waals surface area contributed by atoms with E-state index in [1.165, 1.54) is 15.9 Å². The first-order valence-corrected chi connectivity index (χ1v) is 13.2. The Kier molecular flexibility index (Phi) is 5.95. The predicted octanol–water partition coefficient (Wildman–Crippen LogP) is 4.90. The lowest BCUT2D eigenvalue weighted by molar-refractivity contribution is 0.147. The smallest absolute Gasteiger partial charge is 0.261 e. The molecule has 4 rings (SSSR count).